The van der Waals surface area contributed by atoms with E-state index in [9.17, 15) is 0 Å². The Morgan fingerprint density at radius 1 is 1.41 bits per heavy atom. The van der Waals surface area contributed by atoms with E-state index in [2.05, 4.69) is 5.32 Å². The quantitative estimate of drug-likeness (QED) is 0.769. The molecule has 0 aliphatic rings. The third kappa shape index (κ3) is 4.07. The van der Waals surface area contributed by atoms with E-state index in [1.807, 2.05) is 19.1 Å². The van der Waals surface area contributed by atoms with Crippen LogP contribution in [-0.2, 0) is 9.47 Å². The number of ether oxygens (including phenoxy) is 2. The number of hydrogen-bond donors (Lipinski definition) is 2. The molecule has 0 radical (unpaired) electrons. The van der Waals surface area contributed by atoms with Gasteiger partial charge in [-0.3, -0.25) is 0 Å². The predicted octanol–water partition coefficient (Wildman–Crippen LogP) is 2.30. The van der Waals surface area contributed by atoms with Gasteiger partial charge in [-0.15, -0.1) is 0 Å². The molecule has 1 aromatic carbocycles. The van der Waals surface area contributed by atoms with Crippen molar-refractivity contribution in [2.75, 3.05) is 38.4 Å². The minimum Gasteiger partial charge on any atom is -0.398 e. The number of methoxy groups -OCH3 is 2. The van der Waals surface area contributed by atoms with Crippen LogP contribution in [-0.4, -0.2) is 33.5 Å². The highest BCUT2D eigenvalue weighted by Gasteiger charge is 2.08. The van der Waals surface area contributed by atoms with Crippen LogP contribution >= 0.6 is 11.6 Å². The zero-order valence-corrected chi connectivity index (χ0v) is 11.2. The molecule has 0 aliphatic carbocycles. The fraction of sp³-hybridized carbons (Fsp3) is 0.500. The third-order valence-electron chi connectivity index (χ3n) is 2.55. The van der Waals surface area contributed by atoms with Crippen molar-refractivity contribution < 1.29 is 9.47 Å². The lowest BCUT2D eigenvalue weighted by molar-refractivity contribution is 0.0365. The van der Waals surface area contributed by atoms with Gasteiger partial charge >= 0.3 is 0 Å². The lowest BCUT2D eigenvalue weighted by Gasteiger charge is -2.17. The molecule has 0 aliphatic heterocycles. The first kappa shape index (κ1) is 14.1. The van der Waals surface area contributed by atoms with Crippen LogP contribution in [0.1, 0.15) is 5.56 Å². The zero-order chi connectivity index (χ0) is 12.8. The molecule has 1 atom stereocenters. The van der Waals surface area contributed by atoms with E-state index in [-0.39, 0.29) is 6.10 Å². The number of halogens is 1. The van der Waals surface area contributed by atoms with E-state index in [0.29, 0.717) is 23.9 Å². The average molecular weight is 259 g/mol. The van der Waals surface area contributed by atoms with Gasteiger partial charge in [-0.25, -0.2) is 0 Å². The molecule has 0 aromatic heterocycles. The first-order chi connectivity index (χ1) is 8.08. The summed E-state index contributed by atoms with van der Waals surface area (Å²) in [5, 5.41) is 3.83. The number of aryl methyl sites for hydroxylation is 1. The Balaban J connectivity index is 2.65. The molecule has 3 N–H and O–H groups in total. The van der Waals surface area contributed by atoms with E-state index in [1.54, 1.807) is 14.2 Å². The van der Waals surface area contributed by atoms with Crippen molar-refractivity contribution in [2.24, 2.45) is 0 Å². The van der Waals surface area contributed by atoms with Crippen LogP contribution in [0.5, 0.6) is 0 Å². The summed E-state index contributed by atoms with van der Waals surface area (Å²) >= 11 is 5.98. The van der Waals surface area contributed by atoms with Crippen molar-refractivity contribution in [3.05, 3.63) is 22.7 Å². The van der Waals surface area contributed by atoms with Gasteiger partial charge in [0.05, 0.1) is 23.4 Å². The van der Waals surface area contributed by atoms with Crippen LogP contribution in [0.3, 0.4) is 0 Å². The summed E-state index contributed by atoms with van der Waals surface area (Å²) in [5.74, 6) is 0. The van der Waals surface area contributed by atoms with Gasteiger partial charge in [-0.2, -0.15) is 0 Å². The smallest absolute Gasteiger partial charge is 0.0976 e. The number of hydrogen-bond acceptors (Lipinski definition) is 4. The molecule has 0 fully saturated rings. The molecule has 1 rings (SSSR count). The summed E-state index contributed by atoms with van der Waals surface area (Å²) in [6, 6.07) is 3.68. The van der Waals surface area contributed by atoms with E-state index in [4.69, 9.17) is 26.8 Å². The van der Waals surface area contributed by atoms with Crippen LogP contribution in [0, 0.1) is 6.92 Å². The molecule has 0 spiro atoms. The summed E-state index contributed by atoms with van der Waals surface area (Å²) in [6.07, 6.45) is 0.00993. The summed E-state index contributed by atoms with van der Waals surface area (Å²) < 4.78 is 10.3. The summed E-state index contributed by atoms with van der Waals surface area (Å²) in [6.45, 7) is 3.18. The minimum atomic E-state index is 0.00993. The first-order valence-corrected chi connectivity index (χ1v) is 5.77. The molecule has 0 bridgehead atoms. The molecule has 1 aromatic rings. The van der Waals surface area contributed by atoms with E-state index in [0.717, 1.165) is 11.3 Å². The second kappa shape index (κ2) is 6.69. The van der Waals surface area contributed by atoms with Crippen LogP contribution in [0.15, 0.2) is 12.1 Å². The number of rotatable bonds is 6. The van der Waals surface area contributed by atoms with Gasteiger partial charge in [0, 0.05) is 26.5 Å². The Bertz CT molecular complexity index is 372. The highest BCUT2D eigenvalue weighted by Crippen LogP contribution is 2.26. The molecule has 17 heavy (non-hydrogen) atoms. The van der Waals surface area contributed by atoms with Gasteiger partial charge in [0.2, 0.25) is 0 Å². The van der Waals surface area contributed by atoms with Crippen molar-refractivity contribution in [2.45, 2.75) is 13.0 Å². The van der Waals surface area contributed by atoms with Gasteiger partial charge in [0.25, 0.3) is 0 Å². The Morgan fingerprint density at radius 3 is 2.71 bits per heavy atom. The molecule has 0 amide bonds. The van der Waals surface area contributed by atoms with Crippen molar-refractivity contribution in [3.63, 3.8) is 0 Å². The number of anilines is 2. The van der Waals surface area contributed by atoms with Crippen LogP contribution < -0.4 is 11.1 Å². The third-order valence-corrected chi connectivity index (χ3v) is 2.88. The largest absolute Gasteiger partial charge is 0.398 e. The standard InChI is InChI=1S/C12H19ClN2O2/c1-8-4-11(14)10(13)5-12(8)15-6-9(17-3)7-16-2/h4-5,9,15H,6-7,14H2,1-3H3. The van der Waals surface area contributed by atoms with Crippen molar-refractivity contribution in [1.29, 1.82) is 0 Å². The Kier molecular flexibility index (Phi) is 5.55. The zero-order valence-electron chi connectivity index (χ0n) is 10.4. The monoisotopic (exact) mass is 258 g/mol. The van der Waals surface area contributed by atoms with E-state index in [1.165, 1.54) is 0 Å². The van der Waals surface area contributed by atoms with Crippen LogP contribution in [0.2, 0.25) is 5.02 Å². The molecule has 4 nitrogen and oxygen atoms in total. The maximum Gasteiger partial charge on any atom is 0.0976 e. The SMILES string of the molecule is COCC(CNc1cc(Cl)c(N)cc1C)OC. The van der Waals surface area contributed by atoms with Crippen molar-refractivity contribution in [3.8, 4) is 0 Å². The summed E-state index contributed by atoms with van der Waals surface area (Å²) in [5.41, 5.74) is 8.32. The highest BCUT2D eigenvalue weighted by atomic mass is 35.5. The molecule has 0 heterocycles. The Labute approximate surface area is 107 Å². The number of nitrogens with one attached hydrogen (secondary N) is 1. The van der Waals surface area contributed by atoms with Gasteiger partial charge in [0.1, 0.15) is 0 Å². The molecular weight excluding hydrogens is 240 g/mol. The molecular formula is C12H19ClN2O2. The minimum absolute atomic E-state index is 0.00993. The van der Waals surface area contributed by atoms with Crippen LogP contribution in [0.25, 0.3) is 0 Å². The average Bonchev–Trinajstić information content (AvgIpc) is 2.30. The van der Waals surface area contributed by atoms with Crippen molar-refractivity contribution >= 4 is 23.0 Å². The van der Waals surface area contributed by atoms with E-state index < -0.39 is 0 Å². The normalized spacial score (nSPS) is 12.5. The Morgan fingerprint density at radius 2 is 2.12 bits per heavy atom. The molecule has 5 heteroatoms. The van der Waals surface area contributed by atoms with Crippen LogP contribution in [0.4, 0.5) is 11.4 Å². The number of benzene rings is 1. The second-order valence-corrected chi connectivity index (χ2v) is 4.29. The Hall–Kier alpha value is -0.970. The van der Waals surface area contributed by atoms with Crippen molar-refractivity contribution in [1.82, 2.24) is 0 Å². The van der Waals surface area contributed by atoms with E-state index >= 15 is 0 Å². The number of nitrogen functional groups attached to an aromatic ring is 1. The van der Waals surface area contributed by atoms with Gasteiger partial charge < -0.3 is 20.5 Å². The summed E-state index contributed by atoms with van der Waals surface area (Å²) in [7, 11) is 3.31. The fourth-order valence-electron chi connectivity index (χ4n) is 1.51. The predicted molar refractivity (Wildman–Crippen MR) is 71.8 cm³/mol. The number of nitrogens with two attached hydrogens (primary N) is 1. The maximum absolute atomic E-state index is 5.98. The molecule has 0 saturated carbocycles. The highest BCUT2D eigenvalue weighted by molar-refractivity contribution is 6.33. The lowest BCUT2D eigenvalue weighted by atomic mass is 10.1. The fourth-order valence-corrected chi connectivity index (χ4v) is 1.68. The molecule has 0 saturated heterocycles. The molecule has 1 unspecified atom stereocenters. The van der Waals surface area contributed by atoms with Gasteiger partial charge in [-0.1, -0.05) is 11.6 Å². The maximum atomic E-state index is 5.98. The molecule has 96 valence electrons. The first-order valence-electron chi connectivity index (χ1n) is 5.39. The summed E-state index contributed by atoms with van der Waals surface area (Å²) in [4.78, 5) is 0. The van der Waals surface area contributed by atoms with Gasteiger partial charge in [0.15, 0.2) is 0 Å². The lowest BCUT2D eigenvalue weighted by Crippen LogP contribution is -2.26. The topological polar surface area (TPSA) is 56.5 Å². The second-order valence-electron chi connectivity index (χ2n) is 3.88. The van der Waals surface area contributed by atoms with Gasteiger partial charge in [-0.05, 0) is 24.6 Å².